The Balaban J connectivity index is 1.44. The van der Waals surface area contributed by atoms with Crippen molar-refractivity contribution in [3.63, 3.8) is 0 Å². The van der Waals surface area contributed by atoms with E-state index in [1.54, 1.807) is 0 Å². The van der Waals surface area contributed by atoms with Gasteiger partial charge in [-0.2, -0.15) is 0 Å². The van der Waals surface area contributed by atoms with E-state index in [9.17, 15) is 15.0 Å². The van der Waals surface area contributed by atoms with Gasteiger partial charge in [-0.05, 0) is 55.0 Å². The second-order valence-electron chi connectivity index (χ2n) is 8.66. The van der Waals surface area contributed by atoms with Crippen LogP contribution in [0.25, 0.3) is 0 Å². The zero-order valence-electron chi connectivity index (χ0n) is 18.0. The molecule has 177 valence electrons. The number of aliphatic hydroxyl groups excluding tert-OH is 2. The van der Waals surface area contributed by atoms with Crippen LogP contribution in [0.2, 0.25) is 4.34 Å². The second-order valence-corrected chi connectivity index (χ2v) is 11.2. The van der Waals surface area contributed by atoms with Gasteiger partial charge in [0.15, 0.2) is 0 Å². The molecule has 3 aromatic rings. The molecule has 0 spiro atoms. The van der Waals surface area contributed by atoms with Crippen LogP contribution >= 0.6 is 38.9 Å². The van der Waals surface area contributed by atoms with Crippen molar-refractivity contribution in [3.8, 4) is 0 Å². The molecule has 0 saturated heterocycles. The van der Waals surface area contributed by atoms with E-state index in [1.165, 1.54) is 29.4 Å². The highest BCUT2D eigenvalue weighted by Crippen LogP contribution is 2.39. The number of carbonyl (C=O) groups excluding carboxylic acids is 1. The number of benzene rings is 1. The van der Waals surface area contributed by atoms with Crippen molar-refractivity contribution in [2.24, 2.45) is 5.92 Å². The molecule has 3 heterocycles. The number of halogens is 2. The third-order valence-electron chi connectivity index (χ3n) is 6.49. The maximum Gasteiger partial charge on any atom is 0.208 e. The van der Waals surface area contributed by atoms with Crippen LogP contribution in [0.5, 0.6) is 0 Å². The molecular formula is C24H23BrClN4O3S. The van der Waals surface area contributed by atoms with E-state index in [1.807, 2.05) is 12.1 Å². The van der Waals surface area contributed by atoms with Crippen LogP contribution in [0.15, 0.2) is 41.3 Å². The number of nitrogens with zero attached hydrogens (tertiary/aromatic N) is 2. The second kappa shape index (κ2) is 9.64. The predicted octanol–water partition coefficient (Wildman–Crippen LogP) is 3.78. The third-order valence-corrected chi connectivity index (χ3v) is 8.37. The zero-order valence-corrected chi connectivity index (χ0v) is 21.2. The highest BCUT2D eigenvalue weighted by molar-refractivity contribution is 9.10. The molecule has 10 heteroatoms. The van der Waals surface area contributed by atoms with Gasteiger partial charge in [-0.15, -0.1) is 11.3 Å². The number of carbonyl (C=O) groups is 1. The molecule has 2 aliphatic rings. The standard InChI is InChI=1S/C24H23BrClN4O3S/c1-11-6-17(22(33)20(11)31)30-24-16(9-27-10-29-24)21(32)18-8-15(23(26)34-18)19-14-7-13(25)3-2-12(14)4-5-28-19/h2-3,7-11,17,19-20,22,28,31,33H,1,4-6H2,(H,27,29,30)/t11-,17-,19-,20-,22+/m1/s1. The summed E-state index contributed by atoms with van der Waals surface area (Å²) in [6.45, 7) is 4.69. The molecule has 0 bridgehead atoms. The SMILES string of the molecule is [CH2][C@@H]1C[C@@H](Nc2ncncc2C(=O)c2cc([C@@H]3NCCc4ccc(Br)cc43)c(Cl)s2)[C@H](O)[C@@H]1O. The van der Waals surface area contributed by atoms with E-state index in [0.29, 0.717) is 21.5 Å². The Morgan fingerprint density at radius 3 is 2.85 bits per heavy atom. The van der Waals surface area contributed by atoms with Crippen LogP contribution in [-0.2, 0) is 6.42 Å². The smallest absolute Gasteiger partial charge is 0.208 e. The number of aromatic nitrogens is 2. The van der Waals surface area contributed by atoms with E-state index in [2.05, 4.69) is 55.6 Å². The van der Waals surface area contributed by atoms with Crippen LogP contribution in [0, 0.1) is 12.8 Å². The van der Waals surface area contributed by atoms with Crippen LogP contribution < -0.4 is 10.6 Å². The van der Waals surface area contributed by atoms with Crippen LogP contribution in [0.1, 0.15) is 44.4 Å². The first-order chi connectivity index (χ1) is 16.3. The minimum absolute atomic E-state index is 0.111. The Morgan fingerprint density at radius 2 is 2.09 bits per heavy atom. The van der Waals surface area contributed by atoms with Gasteiger partial charge in [0.2, 0.25) is 5.78 Å². The molecule has 1 saturated carbocycles. The molecule has 4 N–H and O–H groups in total. The molecule has 1 aliphatic carbocycles. The van der Waals surface area contributed by atoms with Crippen LogP contribution in [0.4, 0.5) is 5.82 Å². The van der Waals surface area contributed by atoms with E-state index in [0.717, 1.165) is 28.6 Å². The summed E-state index contributed by atoms with van der Waals surface area (Å²) in [5, 5.41) is 27.0. The quantitative estimate of drug-likeness (QED) is 0.351. The van der Waals surface area contributed by atoms with Crippen molar-refractivity contribution in [3.05, 3.63) is 79.7 Å². The predicted molar refractivity (Wildman–Crippen MR) is 135 cm³/mol. The summed E-state index contributed by atoms with van der Waals surface area (Å²) in [5.74, 6) is -0.259. The number of ketones is 1. The van der Waals surface area contributed by atoms with Gasteiger partial charge in [0.05, 0.1) is 33.0 Å². The molecule has 7 nitrogen and oxygen atoms in total. The van der Waals surface area contributed by atoms with Crippen LogP contribution in [-0.4, -0.2) is 50.8 Å². The van der Waals surface area contributed by atoms with E-state index in [4.69, 9.17) is 11.6 Å². The van der Waals surface area contributed by atoms with Crippen molar-refractivity contribution in [2.75, 3.05) is 11.9 Å². The minimum atomic E-state index is -1.00. The lowest BCUT2D eigenvalue weighted by Crippen LogP contribution is -2.35. The molecule has 0 unspecified atom stereocenters. The number of nitrogens with one attached hydrogen (secondary N) is 2. The molecular weight excluding hydrogens is 540 g/mol. The first kappa shape index (κ1) is 23.8. The molecule has 2 aromatic heterocycles. The summed E-state index contributed by atoms with van der Waals surface area (Å²) in [7, 11) is 0. The lowest BCUT2D eigenvalue weighted by Gasteiger charge is -2.27. The first-order valence-corrected chi connectivity index (χ1v) is 12.9. The van der Waals surface area contributed by atoms with Crippen molar-refractivity contribution in [1.82, 2.24) is 15.3 Å². The van der Waals surface area contributed by atoms with Gasteiger partial charge < -0.3 is 20.8 Å². The minimum Gasteiger partial charge on any atom is -0.390 e. The maximum absolute atomic E-state index is 13.5. The average Bonchev–Trinajstić information content (AvgIpc) is 3.33. The Hall–Kier alpha value is -1.88. The number of hydrogen-bond donors (Lipinski definition) is 4. The summed E-state index contributed by atoms with van der Waals surface area (Å²) in [6, 6.07) is 7.49. The topological polar surface area (TPSA) is 107 Å². The number of thiophene rings is 1. The van der Waals surface area contributed by atoms with Crippen molar-refractivity contribution < 1.29 is 15.0 Å². The maximum atomic E-state index is 13.5. The van der Waals surface area contributed by atoms with Gasteiger partial charge in [-0.3, -0.25) is 4.79 Å². The number of anilines is 1. The zero-order chi connectivity index (χ0) is 24.0. The monoisotopic (exact) mass is 561 g/mol. The normalized spacial score (nSPS) is 26.3. The Labute approximate surface area is 214 Å². The fraction of sp³-hybridized carbons (Fsp3) is 0.333. The van der Waals surface area contributed by atoms with Gasteiger partial charge in [0.25, 0.3) is 0 Å². The van der Waals surface area contributed by atoms with E-state index in [-0.39, 0.29) is 23.3 Å². The molecule has 1 aliphatic heterocycles. The summed E-state index contributed by atoms with van der Waals surface area (Å²) in [6.07, 6.45) is 2.25. The van der Waals surface area contributed by atoms with Gasteiger partial charge in [0.1, 0.15) is 18.2 Å². The molecule has 0 amide bonds. The van der Waals surface area contributed by atoms with Gasteiger partial charge in [-0.1, -0.05) is 33.6 Å². The number of rotatable bonds is 5. The highest BCUT2D eigenvalue weighted by Gasteiger charge is 2.39. The van der Waals surface area contributed by atoms with Gasteiger partial charge in [0, 0.05) is 22.8 Å². The summed E-state index contributed by atoms with van der Waals surface area (Å²) < 4.78 is 1.54. The van der Waals surface area contributed by atoms with Crippen molar-refractivity contribution >= 4 is 50.5 Å². The summed E-state index contributed by atoms with van der Waals surface area (Å²) in [5.41, 5.74) is 3.53. The fourth-order valence-electron chi connectivity index (χ4n) is 4.68. The fourth-order valence-corrected chi connectivity index (χ4v) is 6.35. The van der Waals surface area contributed by atoms with E-state index >= 15 is 0 Å². The first-order valence-electron chi connectivity index (χ1n) is 10.9. The molecule has 34 heavy (non-hydrogen) atoms. The molecule has 5 rings (SSSR count). The third kappa shape index (κ3) is 4.41. The summed E-state index contributed by atoms with van der Waals surface area (Å²) >= 11 is 11.4. The lowest BCUT2D eigenvalue weighted by atomic mass is 9.91. The molecule has 1 aromatic carbocycles. The van der Waals surface area contributed by atoms with Crippen molar-refractivity contribution in [2.45, 2.75) is 37.1 Å². The van der Waals surface area contributed by atoms with E-state index < -0.39 is 18.2 Å². The largest absolute Gasteiger partial charge is 0.390 e. The number of aliphatic hydroxyl groups is 2. The highest BCUT2D eigenvalue weighted by atomic mass is 79.9. The van der Waals surface area contributed by atoms with Gasteiger partial charge in [-0.25, -0.2) is 9.97 Å². The number of fused-ring (bicyclic) bond motifs is 1. The van der Waals surface area contributed by atoms with Crippen LogP contribution in [0.3, 0.4) is 0 Å². The molecule has 1 fully saturated rings. The Kier molecular flexibility index (Phi) is 6.76. The number of hydrogen-bond acceptors (Lipinski definition) is 8. The average molecular weight is 563 g/mol. The molecule has 1 radical (unpaired) electrons. The Morgan fingerprint density at radius 1 is 1.26 bits per heavy atom. The summed E-state index contributed by atoms with van der Waals surface area (Å²) in [4.78, 5) is 22.2. The molecule has 5 atom stereocenters. The lowest BCUT2D eigenvalue weighted by molar-refractivity contribution is 0.0256. The van der Waals surface area contributed by atoms with Crippen molar-refractivity contribution in [1.29, 1.82) is 0 Å². The van der Waals surface area contributed by atoms with Gasteiger partial charge >= 0.3 is 0 Å². The Bertz CT molecular complexity index is 1240.